The first kappa shape index (κ1) is 15.6. The molecule has 1 fully saturated rings. The summed E-state index contributed by atoms with van der Waals surface area (Å²) in [7, 11) is 0. The molecule has 0 unspecified atom stereocenters. The number of aliphatic hydroxyl groups is 1. The molecule has 0 radical (unpaired) electrons. The number of anilines is 1. The molecule has 0 bridgehead atoms. The first-order valence-corrected chi connectivity index (χ1v) is 9.02. The van der Waals surface area contributed by atoms with Gasteiger partial charge in [0.1, 0.15) is 12.1 Å². The number of aromatic nitrogens is 2. The molecule has 2 N–H and O–H groups in total. The first-order valence-electron chi connectivity index (χ1n) is 9.02. The Bertz CT molecular complexity index is 708. The molecular formula is C20H25N3O. The Hall–Kier alpha value is -1.94. The number of aryl methyl sites for hydroxylation is 1. The van der Waals surface area contributed by atoms with E-state index in [-0.39, 0.29) is 6.10 Å². The molecule has 1 heterocycles. The molecular weight excluding hydrogens is 298 g/mol. The van der Waals surface area contributed by atoms with Crippen molar-refractivity contribution in [1.29, 1.82) is 0 Å². The van der Waals surface area contributed by atoms with Gasteiger partial charge in [-0.15, -0.1) is 0 Å². The van der Waals surface area contributed by atoms with Gasteiger partial charge < -0.3 is 10.4 Å². The van der Waals surface area contributed by atoms with Crippen molar-refractivity contribution in [3.05, 3.63) is 53.5 Å². The lowest BCUT2D eigenvalue weighted by Crippen LogP contribution is -2.10. The molecule has 0 amide bonds. The largest absolute Gasteiger partial charge is 0.393 e. The summed E-state index contributed by atoms with van der Waals surface area (Å²) in [6.07, 6.45) is 6.67. The topological polar surface area (TPSA) is 58.0 Å². The fourth-order valence-electron chi connectivity index (χ4n) is 4.29. The molecule has 2 aliphatic carbocycles. The zero-order chi connectivity index (χ0) is 16.5. The smallest absolute Gasteiger partial charge is 0.130 e. The Morgan fingerprint density at radius 1 is 1.21 bits per heavy atom. The number of fused-ring (bicyclic) bond motifs is 1. The second-order valence-corrected chi connectivity index (χ2v) is 7.42. The third kappa shape index (κ3) is 3.16. The van der Waals surface area contributed by atoms with Crippen molar-refractivity contribution in [1.82, 2.24) is 9.97 Å². The van der Waals surface area contributed by atoms with E-state index in [4.69, 9.17) is 0 Å². The summed E-state index contributed by atoms with van der Waals surface area (Å²) >= 11 is 0. The SMILES string of the molecule is C[C@H]1C[C@@H](Cc2cc(N[C@H]3CCc4ccccc43)ncn2)C[C@@H]1O. The Morgan fingerprint density at radius 3 is 2.92 bits per heavy atom. The minimum absolute atomic E-state index is 0.149. The van der Waals surface area contributed by atoms with Crippen LogP contribution in [0.5, 0.6) is 0 Å². The monoisotopic (exact) mass is 323 g/mol. The molecule has 4 nitrogen and oxygen atoms in total. The third-order valence-corrected chi connectivity index (χ3v) is 5.61. The molecule has 0 saturated heterocycles. The Balaban J connectivity index is 1.44. The van der Waals surface area contributed by atoms with E-state index < -0.39 is 0 Å². The van der Waals surface area contributed by atoms with Gasteiger partial charge in [0.2, 0.25) is 0 Å². The number of nitrogens with zero attached hydrogens (tertiary/aromatic N) is 2. The lowest BCUT2D eigenvalue weighted by atomic mass is 10.0. The minimum atomic E-state index is -0.149. The van der Waals surface area contributed by atoms with Crippen molar-refractivity contribution in [2.75, 3.05) is 5.32 Å². The van der Waals surface area contributed by atoms with E-state index in [0.29, 0.717) is 17.9 Å². The summed E-state index contributed by atoms with van der Waals surface area (Å²) in [5, 5.41) is 13.5. The fraction of sp³-hybridized carbons (Fsp3) is 0.500. The van der Waals surface area contributed by atoms with Gasteiger partial charge in [0, 0.05) is 11.8 Å². The van der Waals surface area contributed by atoms with Crippen LogP contribution in [-0.4, -0.2) is 21.2 Å². The Kier molecular flexibility index (Phi) is 4.23. The van der Waals surface area contributed by atoms with Crippen LogP contribution in [0.4, 0.5) is 5.82 Å². The van der Waals surface area contributed by atoms with Gasteiger partial charge in [-0.3, -0.25) is 0 Å². The summed E-state index contributed by atoms with van der Waals surface area (Å²) in [6, 6.07) is 11.1. The van der Waals surface area contributed by atoms with Crippen LogP contribution in [0.15, 0.2) is 36.7 Å². The Labute approximate surface area is 143 Å². The molecule has 0 aliphatic heterocycles. The average molecular weight is 323 g/mol. The van der Waals surface area contributed by atoms with Crippen molar-refractivity contribution in [3.63, 3.8) is 0 Å². The van der Waals surface area contributed by atoms with Crippen molar-refractivity contribution in [2.45, 2.75) is 51.2 Å². The highest BCUT2D eigenvalue weighted by Crippen LogP contribution is 2.34. The van der Waals surface area contributed by atoms with Crippen molar-refractivity contribution < 1.29 is 5.11 Å². The molecule has 24 heavy (non-hydrogen) atoms. The van der Waals surface area contributed by atoms with Gasteiger partial charge in [-0.05, 0) is 55.1 Å². The van der Waals surface area contributed by atoms with E-state index in [1.807, 2.05) is 0 Å². The fourth-order valence-corrected chi connectivity index (χ4v) is 4.29. The summed E-state index contributed by atoms with van der Waals surface area (Å²) < 4.78 is 0. The van der Waals surface area contributed by atoms with Crippen LogP contribution in [0.25, 0.3) is 0 Å². The average Bonchev–Trinajstić information content (AvgIpc) is 3.12. The number of nitrogens with one attached hydrogen (secondary N) is 1. The maximum Gasteiger partial charge on any atom is 0.130 e. The molecule has 1 saturated carbocycles. The number of hydrogen-bond donors (Lipinski definition) is 2. The summed E-state index contributed by atoms with van der Waals surface area (Å²) in [5.41, 5.74) is 3.91. The standard InChI is InChI=1S/C20H25N3O/c1-13-8-14(10-19(13)24)9-16-11-20(22-12-21-16)23-18-7-6-15-4-2-3-5-17(15)18/h2-5,11-14,18-19,24H,6-10H2,1H3,(H,21,22,23)/t13-,14-,18-,19-/m0/s1. The molecule has 4 heteroatoms. The van der Waals surface area contributed by atoms with Gasteiger partial charge >= 0.3 is 0 Å². The predicted octanol–water partition coefficient (Wildman–Crippen LogP) is 3.53. The molecule has 1 aromatic heterocycles. The van der Waals surface area contributed by atoms with Crippen LogP contribution in [-0.2, 0) is 12.8 Å². The molecule has 2 aromatic rings. The quantitative estimate of drug-likeness (QED) is 0.904. The van der Waals surface area contributed by atoms with E-state index >= 15 is 0 Å². The van der Waals surface area contributed by atoms with Crippen molar-refractivity contribution in [3.8, 4) is 0 Å². The van der Waals surface area contributed by atoms with Gasteiger partial charge in [0.05, 0.1) is 12.1 Å². The number of benzene rings is 1. The van der Waals surface area contributed by atoms with Crippen molar-refractivity contribution in [2.24, 2.45) is 11.8 Å². The lowest BCUT2D eigenvalue weighted by Gasteiger charge is -2.15. The van der Waals surface area contributed by atoms with Gasteiger partial charge in [0.15, 0.2) is 0 Å². The van der Waals surface area contributed by atoms with Crippen molar-refractivity contribution >= 4 is 5.82 Å². The zero-order valence-corrected chi connectivity index (χ0v) is 14.2. The highest BCUT2D eigenvalue weighted by Gasteiger charge is 2.30. The minimum Gasteiger partial charge on any atom is -0.393 e. The van der Waals surface area contributed by atoms with Crippen LogP contribution in [0.3, 0.4) is 0 Å². The van der Waals surface area contributed by atoms with Gasteiger partial charge in [-0.2, -0.15) is 0 Å². The molecule has 1 aromatic carbocycles. The molecule has 0 spiro atoms. The van der Waals surface area contributed by atoms with Crippen LogP contribution < -0.4 is 5.32 Å². The van der Waals surface area contributed by atoms with E-state index in [9.17, 15) is 5.11 Å². The summed E-state index contributed by atoms with van der Waals surface area (Å²) in [4.78, 5) is 8.85. The maximum absolute atomic E-state index is 9.94. The second kappa shape index (κ2) is 6.52. The van der Waals surface area contributed by atoms with Gasteiger partial charge in [-0.1, -0.05) is 31.2 Å². The molecule has 126 valence electrons. The molecule has 4 atom stereocenters. The van der Waals surface area contributed by atoms with Gasteiger partial charge in [0.25, 0.3) is 0 Å². The molecule has 4 rings (SSSR count). The number of aliphatic hydroxyl groups excluding tert-OH is 1. The number of rotatable bonds is 4. The van der Waals surface area contributed by atoms with Crippen LogP contribution in [0.2, 0.25) is 0 Å². The highest BCUT2D eigenvalue weighted by molar-refractivity contribution is 5.43. The normalized spacial score (nSPS) is 28.8. The van der Waals surface area contributed by atoms with E-state index in [1.165, 1.54) is 11.1 Å². The highest BCUT2D eigenvalue weighted by atomic mass is 16.3. The first-order chi connectivity index (χ1) is 11.7. The molecule has 2 aliphatic rings. The Morgan fingerprint density at radius 2 is 2.08 bits per heavy atom. The zero-order valence-electron chi connectivity index (χ0n) is 14.2. The predicted molar refractivity (Wildman–Crippen MR) is 94.8 cm³/mol. The number of hydrogen-bond acceptors (Lipinski definition) is 4. The lowest BCUT2D eigenvalue weighted by molar-refractivity contribution is 0.139. The third-order valence-electron chi connectivity index (χ3n) is 5.61. The van der Waals surface area contributed by atoms with Crippen LogP contribution in [0.1, 0.15) is 49.0 Å². The van der Waals surface area contributed by atoms with Crippen LogP contribution in [0, 0.1) is 11.8 Å². The summed E-state index contributed by atoms with van der Waals surface area (Å²) in [6.45, 7) is 2.13. The maximum atomic E-state index is 9.94. The second-order valence-electron chi connectivity index (χ2n) is 7.42. The van der Waals surface area contributed by atoms with E-state index in [2.05, 4.69) is 52.5 Å². The van der Waals surface area contributed by atoms with E-state index in [0.717, 1.165) is 43.6 Å². The van der Waals surface area contributed by atoms with Gasteiger partial charge in [-0.25, -0.2) is 9.97 Å². The summed E-state index contributed by atoms with van der Waals surface area (Å²) in [5.74, 6) is 1.85. The van der Waals surface area contributed by atoms with E-state index in [1.54, 1.807) is 6.33 Å². The van der Waals surface area contributed by atoms with Crippen LogP contribution >= 0.6 is 0 Å².